The number of ether oxygens (including phenoxy) is 1. The molecule has 2 saturated heterocycles. The normalized spacial score (nSPS) is 25.5. The number of likely N-dealkylation sites (tertiary alicyclic amines) is 1. The van der Waals surface area contributed by atoms with E-state index < -0.39 is 0 Å². The average molecular weight is 360 g/mol. The number of likely N-dealkylation sites (N-methyl/N-ethyl adjacent to an activating group) is 1. The number of benzene rings is 1. The van der Waals surface area contributed by atoms with Crippen LogP contribution < -0.4 is 4.74 Å². The van der Waals surface area contributed by atoms with Crippen LogP contribution in [0.3, 0.4) is 0 Å². The largest absolute Gasteiger partial charge is 0.494 e. The van der Waals surface area contributed by atoms with Crippen LogP contribution in [0, 0.1) is 0 Å². The highest BCUT2D eigenvalue weighted by molar-refractivity contribution is 5.76. The second-order valence-corrected chi connectivity index (χ2v) is 7.86. The Morgan fingerprint density at radius 2 is 1.85 bits per heavy atom. The zero-order valence-corrected chi connectivity index (χ0v) is 16.3. The topological polar surface area (TPSA) is 36.0 Å². The van der Waals surface area contributed by atoms with Crippen LogP contribution in [0.5, 0.6) is 5.75 Å². The van der Waals surface area contributed by atoms with Gasteiger partial charge in [0.1, 0.15) is 5.75 Å². The fourth-order valence-corrected chi connectivity index (χ4v) is 4.18. The molecule has 26 heavy (non-hydrogen) atoms. The minimum absolute atomic E-state index is 0.166. The lowest BCUT2D eigenvalue weighted by Gasteiger charge is -2.49. The van der Waals surface area contributed by atoms with Gasteiger partial charge in [0.15, 0.2) is 0 Å². The lowest BCUT2D eigenvalue weighted by Crippen LogP contribution is -2.61. The van der Waals surface area contributed by atoms with Crippen molar-refractivity contribution in [1.29, 1.82) is 0 Å². The van der Waals surface area contributed by atoms with E-state index in [0.29, 0.717) is 12.3 Å². The molecule has 2 aliphatic rings. The van der Waals surface area contributed by atoms with Crippen molar-refractivity contribution in [2.75, 3.05) is 53.4 Å². The molecular formula is C21H33N3O2. The number of nitrogens with zero attached hydrogens (tertiary/aromatic N) is 3. The highest BCUT2D eigenvalue weighted by atomic mass is 16.5. The Labute approximate surface area is 157 Å². The molecule has 144 valence electrons. The van der Waals surface area contributed by atoms with Crippen molar-refractivity contribution in [3.8, 4) is 5.75 Å². The van der Waals surface area contributed by atoms with Gasteiger partial charge in [0.05, 0.1) is 6.61 Å². The average Bonchev–Trinajstić information content (AvgIpc) is 2.80. The van der Waals surface area contributed by atoms with Gasteiger partial charge in [-0.05, 0) is 51.4 Å². The smallest absolute Gasteiger partial charge is 0.222 e. The van der Waals surface area contributed by atoms with E-state index in [-0.39, 0.29) is 5.54 Å². The Hall–Kier alpha value is -1.59. The minimum Gasteiger partial charge on any atom is -0.494 e. The molecule has 3 rings (SSSR count). The molecule has 5 nitrogen and oxygen atoms in total. The summed E-state index contributed by atoms with van der Waals surface area (Å²) < 4.78 is 5.79. The quantitative estimate of drug-likeness (QED) is 0.731. The van der Waals surface area contributed by atoms with Gasteiger partial charge < -0.3 is 14.5 Å². The number of rotatable bonds is 6. The van der Waals surface area contributed by atoms with Gasteiger partial charge in [-0.2, -0.15) is 0 Å². The van der Waals surface area contributed by atoms with E-state index in [9.17, 15) is 4.79 Å². The maximum absolute atomic E-state index is 12.1. The van der Waals surface area contributed by atoms with E-state index in [2.05, 4.69) is 16.8 Å². The van der Waals surface area contributed by atoms with Crippen LogP contribution in [0.2, 0.25) is 0 Å². The van der Waals surface area contributed by atoms with E-state index in [4.69, 9.17) is 4.74 Å². The summed E-state index contributed by atoms with van der Waals surface area (Å²) in [4.78, 5) is 19.1. The first kappa shape index (κ1) is 19.2. The van der Waals surface area contributed by atoms with Crippen LogP contribution in [0.25, 0.3) is 0 Å². The second-order valence-electron chi connectivity index (χ2n) is 7.86. The number of unbranched alkanes of at least 4 members (excludes halogenated alkanes) is 1. The standard InChI is InChI=1S/C21H33N3O2/c1-22-14-12-21(11-10-20(22)25)18-24(16-15-23(21)2)13-6-7-17-26-19-8-4-3-5-9-19/h3-5,8-9H,6-7,10-18H2,1-2H3/t21-/m1/s1. The minimum atomic E-state index is 0.166. The van der Waals surface area contributed by atoms with Crippen LogP contribution >= 0.6 is 0 Å². The zero-order chi connectivity index (χ0) is 18.4. The lowest BCUT2D eigenvalue weighted by molar-refractivity contribution is -0.129. The van der Waals surface area contributed by atoms with Crippen molar-refractivity contribution in [3.63, 3.8) is 0 Å². The maximum atomic E-state index is 12.1. The van der Waals surface area contributed by atoms with Crippen molar-refractivity contribution >= 4 is 5.91 Å². The fourth-order valence-electron chi connectivity index (χ4n) is 4.18. The zero-order valence-electron chi connectivity index (χ0n) is 16.3. The molecule has 0 saturated carbocycles. The Bertz CT molecular complexity index is 580. The molecule has 1 aromatic rings. The summed E-state index contributed by atoms with van der Waals surface area (Å²) in [5.74, 6) is 1.25. The van der Waals surface area contributed by atoms with Crippen LogP contribution in [0.1, 0.15) is 32.1 Å². The van der Waals surface area contributed by atoms with E-state index in [1.54, 1.807) is 0 Å². The first-order valence-corrected chi connectivity index (χ1v) is 9.94. The van der Waals surface area contributed by atoms with E-state index in [1.165, 1.54) is 0 Å². The van der Waals surface area contributed by atoms with Gasteiger partial charge in [-0.25, -0.2) is 0 Å². The number of piperazine rings is 1. The first-order valence-electron chi connectivity index (χ1n) is 9.94. The molecule has 1 amide bonds. The van der Waals surface area contributed by atoms with E-state index >= 15 is 0 Å². The molecule has 0 aromatic heterocycles. The predicted octanol–water partition coefficient (Wildman–Crippen LogP) is 2.47. The van der Waals surface area contributed by atoms with Gasteiger partial charge in [-0.15, -0.1) is 0 Å². The van der Waals surface area contributed by atoms with Gasteiger partial charge >= 0.3 is 0 Å². The van der Waals surface area contributed by atoms with Crippen LogP contribution in [-0.4, -0.2) is 79.6 Å². The lowest BCUT2D eigenvalue weighted by atomic mass is 9.86. The van der Waals surface area contributed by atoms with E-state index in [0.717, 1.165) is 70.8 Å². The van der Waals surface area contributed by atoms with Crippen molar-refractivity contribution in [3.05, 3.63) is 30.3 Å². The Balaban J connectivity index is 1.43. The molecule has 0 bridgehead atoms. The first-order chi connectivity index (χ1) is 12.6. The number of carbonyl (C=O) groups excluding carboxylic acids is 1. The monoisotopic (exact) mass is 359 g/mol. The highest BCUT2D eigenvalue weighted by Gasteiger charge is 2.41. The summed E-state index contributed by atoms with van der Waals surface area (Å²) in [6, 6.07) is 10.0. The van der Waals surface area contributed by atoms with Crippen LogP contribution in [0.15, 0.2) is 30.3 Å². The van der Waals surface area contributed by atoms with Crippen LogP contribution in [0.4, 0.5) is 0 Å². The summed E-state index contributed by atoms with van der Waals surface area (Å²) in [6.45, 7) is 6.09. The summed E-state index contributed by atoms with van der Waals surface area (Å²) in [6.07, 6.45) is 4.99. The van der Waals surface area contributed by atoms with Crippen molar-refractivity contribution in [1.82, 2.24) is 14.7 Å². The van der Waals surface area contributed by atoms with Crippen LogP contribution in [-0.2, 0) is 4.79 Å². The van der Waals surface area contributed by atoms with Crippen molar-refractivity contribution < 1.29 is 9.53 Å². The summed E-state index contributed by atoms with van der Waals surface area (Å²) >= 11 is 0. The van der Waals surface area contributed by atoms with Gasteiger partial charge in [-0.1, -0.05) is 18.2 Å². The van der Waals surface area contributed by atoms with Gasteiger partial charge in [0.25, 0.3) is 0 Å². The summed E-state index contributed by atoms with van der Waals surface area (Å²) in [5, 5.41) is 0. The maximum Gasteiger partial charge on any atom is 0.222 e. The molecule has 0 aliphatic carbocycles. The molecule has 0 N–H and O–H groups in total. The fraction of sp³-hybridized carbons (Fsp3) is 0.667. The van der Waals surface area contributed by atoms with Crippen molar-refractivity contribution in [2.45, 2.75) is 37.6 Å². The van der Waals surface area contributed by atoms with Gasteiger partial charge in [0, 0.05) is 45.2 Å². The molecule has 5 heteroatoms. The summed E-state index contributed by atoms with van der Waals surface area (Å²) in [5.41, 5.74) is 0.166. The molecule has 0 radical (unpaired) electrons. The molecule has 2 heterocycles. The molecule has 1 aromatic carbocycles. The Morgan fingerprint density at radius 3 is 2.65 bits per heavy atom. The number of hydrogen-bond donors (Lipinski definition) is 0. The molecular weight excluding hydrogens is 326 g/mol. The number of para-hydroxylation sites is 1. The number of amides is 1. The summed E-state index contributed by atoms with van der Waals surface area (Å²) in [7, 11) is 4.18. The number of carbonyl (C=O) groups is 1. The third-order valence-corrected chi connectivity index (χ3v) is 6.10. The predicted molar refractivity (Wildman–Crippen MR) is 104 cm³/mol. The highest BCUT2D eigenvalue weighted by Crippen LogP contribution is 2.31. The molecule has 0 unspecified atom stereocenters. The van der Waals surface area contributed by atoms with Crippen molar-refractivity contribution in [2.24, 2.45) is 0 Å². The Morgan fingerprint density at radius 1 is 1.04 bits per heavy atom. The molecule has 2 aliphatic heterocycles. The molecule has 1 spiro atoms. The van der Waals surface area contributed by atoms with E-state index in [1.807, 2.05) is 42.3 Å². The number of hydrogen-bond acceptors (Lipinski definition) is 4. The third-order valence-electron chi connectivity index (χ3n) is 6.10. The molecule has 1 atom stereocenters. The SMILES string of the molecule is CN1CC[C@]2(CCC1=O)CN(CCCCOc1ccccc1)CCN2C. The molecule has 2 fully saturated rings. The Kier molecular flexibility index (Phi) is 6.54. The van der Waals surface area contributed by atoms with Gasteiger partial charge in [-0.3, -0.25) is 9.69 Å². The second kappa shape index (κ2) is 8.87. The van der Waals surface area contributed by atoms with Gasteiger partial charge in [0.2, 0.25) is 5.91 Å². The third kappa shape index (κ3) is 4.77.